The van der Waals surface area contributed by atoms with Crippen molar-refractivity contribution in [3.8, 4) is 0 Å². The highest BCUT2D eigenvalue weighted by atomic mass is 32.1. The van der Waals surface area contributed by atoms with Gasteiger partial charge in [0.1, 0.15) is 11.9 Å². The molecule has 1 aromatic heterocycles. The summed E-state index contributed by atoms with van der Waals surface area (Å²) in [5, 5.41) is 2.80. The standard InChI is InChI=1S/C32H43FN4O6S/c1-8-22(20-9-11-21(33)12-10-20)26(38)28-23(32(42)43-7)19(6)27(44-28)31(41)37-15-13-36(14-16-37)30(40)25(18(4)5)35-29(39)24(34)17(2)3/h9-12,17-18,22,24-25H,8,13-16,34H2,1-7H3,(H,35,39)/t22?,24-,25-/m0/s1. The maximum atomic E-state index is 13.8. The van der Waals surface area contributed by atoms with E-state index in [2.05, 4.69) is 5.32 Å². The van der Waals surface area contributed by atoms with Crippen LogP contribution in [0.15, 0.2) is 24.3 Å². The van der Waals surface area contributed by atoms with E-state index in [1.165, 1.54) is 19.2 Å². The van der Waals surface area contributed by atoms with Crippen molar-refractivity contribution in [1.82, 2.24) is 15.1 Å². The van der Waals surface area contributed by atoms with Gasteiger partial charge in [0.25, 0.3) is 5.91 Å². The molecule has 1 aromatic carbocycles. The number of carbonyl (C=O) groups excluding carboxylic acids is 5. The number of amides is 3. The fourth-order valence-electron chi connectivity index (χ4n) is 5.20. The van der Waals surface area contributed by atoms with Crippen LogP contribution >= 0.6 is 11.3 Å². The zero-order valence-corrected chi connectivity index (χ0v) is 27.3. The van der Waals surface area contributed by atoms with Crippen LogP contribution in [0.3, 0.4) is 0 Å². The predicted octanol–water partition coefficient (Wildman–Crippen LogP) is 3.77. The lowest BCUT2D eigenvalue weighted by Gasteiger charge is -2.37. The molecule has 2 aromatic rings. The van der Waals surface area contributed by atoms with E-state index in [1.807, 2.05) is 34.6 Å². The van der Waals surface area contributed by atoms with Crippen molar-refractivity contribution in [2.24, 2.45) is 17.6 Å². The molecule has 1 fully saturated rings. The number of thiophene rings is 1. The van der Waals surface area contributed by atoms with Crippen LogP contribution in [0.2, 0.25) is 0 Å². The number of esters is 1. The average molecular weight is 631 g/mol. The fourth-order valence-corrected chi connectivity index (χ4v) is 6.46. The van der Waals surface area contributed by atoms with Gasteiger partial charge < -0.3 is 25.6 Å². The molecule has 1 aliphatic heterocycles. The number of nitrogens with one attached hydrogen (secondary N) is 1. The van der Waals surface area contributed by atoms with E-state index >= 15 is 0 Å². The molecule has 3 amide bonds. The van der Waals surface area contributed by atoms with E-state index < -0.39 is 29.8 Å². The Morgan fingerprint density at radius 2 is 1.52 bits per heavy atom. The van der Waals surface area contributed by atoms with E-state index in [9.17, 15) is 28.4 Å². The summed E-state index contributed by atoms with van der Waals surface area (Å²) in [4.78, 5) is 69.9. The number of nitrogens with two attached hydrogens (primary N) is 1. The molecule has 2 heterocycles. The van der Waals surface area contributed by atoms with Gasteiger partial charge in [0.15, 0.2) is 5.78 Å². The summed E-state index contributed by atoms with van der Waals surface area (Å²) in [5.41, 5.74) is 6.99. The maximum Gasteiger partial charge on any atom is 0.339 e. The highest BCUT2D eigenvalue weighted by Crippen LogP contribution is 2.35. The van der Waals surface area contributed by atoms with E-state index in [0.29, 0.717) is 17.5 Å². The van der Waals surface area contributed by atoms with Crippen molar-refractivity contribution in [3.63, 3.8) is 0 Å². The van der Waals surface area contributed by atoms with Gasteiger partial charge in [-0.3, -0.25) is 19.2 Å². The molecule has 1 saturated heterocycles. The van der Waals surface area contributed by atoms with Gasteiger partial charge in [-0.2, -0.15) is 0 Å². The van der Waals surface area contributed by atoms with Crippen LogP contribution in [0.4, 0.5) is 4.39 Å². The zero-order chi connectivity index (χ0) is 32.9. The summed E-state index contributed by atoms with van der Waals surface area (Å²) in [6.45, 7) is 11.8. The van der Waals surface area contributed by atoms with E-state index in [0.717, 1.165) is 11.3 Å². The Morgan fingerprint density at radius 1 is 0.955 bits per heavy atom. The van der Waals surface area contributed by atoms with Crippen molar-refractivity contribution in [3.05, 3.63) is 56.5 Å². The first-order valence-corrected chi connectivity index (χ1v) is 15.7. The molecule has 0 radical (unpaired) electrons. The summed E-state index contributed by atoms with van der Waals surface area (Å²) >= 11 is 0.953. The topological polar surface area (TPSA) is 139 Å². The Bertz CT molecular complexity index is 1380. The van der Waals surface area contributed by atoms with E-state index in [-0.39, 0.29) is 76.8 Å². The number of ether oxygens (including phenoxy) is 1. The minimum absolute atomic E-state index is 0.0512. The van der Waals surface area contributed by atoms with Gasteiger partial charge in [-0.25, -0.2) is 9.18 Å². The summed E-state index contributed by atoms with van der Waals surface area (Å²) in [6, 6.07) is 4.16. The quantitative estimate of drug-likeness (QED) is 0.285. The number of hydrogen-bond donors (Lipinski definition) is 2. The lowest BCUT2D eigenvalue weighted by molar-refractivity contribution is -0.139. The van der Waals surface area contributed by atoms with Gasteiger partial charge >= 0.3 is 5.97 Å². The van der Waals surface area contributed by atoms with Crippen LogP contribution < -0.4 is 11.1 Å². The van der Waals surface area contributed by atoms with Crippen molar-refractivity contribution in [2.75, 3.05) is 33.3 Å². The van der Waals surface area contributed by atoms with Gasteiger partial charge in [-0.05, 0) is 48.4 Å². The third kappa shape index (κ3) is 7.52. The third-order valence-corrected chi connectivity index (χ3v) is 9.38. The van der Waals surface area contributed by atoms with Crippen molar-refractivity contribution >= 4 is 40.8 Å². The Hall–Kier alpha value is -3.64. The number of carbonyl (C=O) groups is 5. The molecule has 1 unspecified atom stereocenters. The highest BCUT2D eigenvalue weighted by Gasteiger charge is 2.36. The molecule has 3 rings (SSSR count). The maximum absolute atomic E-state index is 13.8. The van der Waals surface area contributed by atoms with Gasteiger partial charge in [-0.15, -0.1) is 11.3 Å². The number of halogens is 1. The second kappa shape index (κ2) is 14.9. The Balaban J connectivity index is 1.81. The lowest BCUT2D eigenvalue weighted by Crippen LogP contribution is -2.59. The summed E-state index contributed by atoms with van der Waals surface area (Å²) in [7, 11) is 1.21. The van der Waals surface area contributed by atoms with Gasteiger partial charge in [0, 0.05) is 32.1 Å². The molecule has 1 aliphatic rings. The second-order valence-corrected chi connectivity index (χ2v) is 12.8. The van der Waals surface area contributed by atoms with Crippen LogP contribution in [0.1, 0.15) is 87.8 Å². The van der Waals surface area contributed by atoms with Gasteiger partial charge in [0.2, 0.25) is 11.8 Å². The van der Waals surface area contributed by atoms with Crippen molar-refractivity contribution in [1.29, 1.82) is 0 Å². The number of rotatable bonds is 11. The summed E-state index contributed by atoms with van der Waals surface area (Å²) in [6.07, 6.45) is 0.405. The van der Waals surface area contributed by atoms with Crippen molar-refractivity contribution in [2.45, 2.75) is 66.0 Å². The minimum atomic E-state index is -0.752. The van der Waals surface area contributed by atoms with Crippen LogP contribution in [0, 0.1) is 24.6 Å². The minimum Gasteiger partial charge on any atom is -0.465 e. The van der Waals surface area contributed by atoms with Crippen LogP contribution in [0.25, 0.3) is 0 Å². The molecule has 12 heteroatoms. The van der Waals surface area contributed by atoms with Crippen LogP contribution in [0.5, 0.6) is 0 Å². The highest BCUT2D eigenvalue weighted by molar-refractivity contribution is 7.16. The molecule has 0 spiro atoms. The molecule has 10 nitrogen and oxygen atoms in total. The number of piperazine rings is 1. The molecular weight excluding hydrogens is 587 g/mol. The fraction of sp³-hybridized carbons (Fsp3) is 0.531. The molecule has 0 bridgehead atoms. The van der Waals surface area contributed by atoms with Gasteiger partial charge in [0.05, 0.1) is 28.5 Å². The number of hydrogen-bond acceptors (Lipinski definition) is 8. The van der Waals surface area contributed by atoms with Crippen molar-refractivity contribution < 1.29 is 33.1 Å². The largest absolute Gasteiger partial charge is 0.465 e. The number of Topliss-reactive ketones (excluding diaryl/α,β-unsaturated/α-hetero) is 1. The second-order valence-electron chi connectivity index (χ2n) is 11.7. The number of benzene rings is 1. The summed E-state index contributed by atoms with van der Waals surface area (Å²) in [5.74, 6) is -3.36. The number of nitrogens with zero attached hydrogens (tertiary/aromatic N) is 2. The Labute approximate surface area is 262 Å². The average Bonchev–Trinajstić information content (AvgIpc) is 3.36. The van der Waals surface area contributed by atoms with E-state index in [1.54, 1.807) is 28.9 Å². The zero-order valence-electron chi connectivity index (χ0n) is 26.4. The van der Waals surface area contributed by atoms with E-state index in [4.69, 9.17) is 10.5 Å². The first kappa shape index (κ1) is 34.8. The Kier molecular flexibility index (Phi) is 11.8. The smallest absolute Gasteiger partial charge is 0.339 e. The molecular formula is C32H43FN4O6S. The third-order valence-electron chi connectivity index (χ3n) is 8.08. The SMILES string of the molecule is CCC(C(=O)c1sc(C(=O)N2CCN(C(=O)[C@@H](NC(=O)[C@@H](N)C(C)C)C(C)C)CC2)c(C)c1C(=O)OC)c1ccc(F)cc1. The predicted molar refractivity (Wildman–Crippen MR) is 166 cm³/mol. The monoisotopic (exact) mass is 630 g/mol. The van der Waals surface area contributed by atoms with Crippen LogP contribution in [-0.4, -0.2) is 84.6 Å². The van der Waals surface area contributed by atoms with Gasteiger partial charge in [-0.1, -0.05) is 46.8 Å². The van der Waals surface area contributed by atoms with Crippen LogP contribution in [-0.2, 0) is 14.3 Å². The number of methoxy groups -OCH3 is 1. The normalized spacial score (nSPS) is 15.6. The molecule has 3 N–H and O–H groups in total. The Morgan fingerprint density at radius 3 is 2.02 bits per heavy atom. The molecule has 240 valence electrons. The first-order valence-electron chi connectivity index (χ1n) is 14.9. The molecule has 0 saturated carbocycles. The summed E-state index contributed by atoms with van der Waals surface area (Å²) < 4.78 is 18.5. The molecule has 44 heavy (non-hydrogen) atoms. The first-order chi connectivity index (χ1) is 20.7. The number of ketones is 1. The molecule has 0 aliphatic carbocycles. The molecule has 3 atom stereocenters. The lowest BCUT2D eigenvalue weighted by atomic mass is 9.90.